The molecule has 0 bridgehead atoms. The Labute approximate surface area is 73.1 Å². The fraction of sp³-hybridized carbons (Fsp3) is 0.714. The van der Waals surface area contributed by atoms with Crippen molar-refractivity contribution in [3.8, 4) is 0 Å². The fourth-order valence-electron chi connectivity index (χ4n) is 0.666. The van der Waals surface area contributed by atoms with Crippen LogP contribution in [0.15, 0.2) is 11.2 Å². The number of methoxy groups -OCH3 is 2. The van der Waals surface area contributed by atoms with Crippen LogP contribution in [-0.2, 0) is 19.3 Å². The molecule has 0 aliphatic rings. The Morgan fingerprint density at radius 2 is 2.00 bits per heavy atom. The quantitative estimate of drug-likeness (QED) is 0.600. The second kappa shape index (κ2) is 5.16. The van der Waals surface area contributed by atoms with Crippen molar-refractivity contribution in [3.63, 3.8) is 0 Å². The Morgan fingerprint density at radius 3 is 2.33 bits per heavy atom. The van der Waals surface area contributed by atoms with E-state index in [1.165, 1.54) is 20.5 Å². The van der Waals surface area contributed by atoms with Crippen molar-refractivity contribution in [1.29, 1.82) is 0 Å². The van der Waals surface area contributed by atoms with E-state index >= 15 is 0 Å². The average molecular weight is 194 g/mol. The molecule has 72 valence electrons. The van der Waals surface area contributed by atoms with Crippen LogP contribution in [0.3, 0.4) is 0 Å². The molecule has 0 aromatic carbocycles. The molecule has 0 saturated heterocycles. The molecule has 0 fully saturated rings. The number of rotatable bonds is 5. The van der Waals surface area contributed by atoms with Gasteiger partial charge in [0.2, 0.25) is 0 Å². The first kappa shape index (κ1) is 11.4. The smallest absolute Gasteiger partial charge is 0.174 e. The second-order valence-corrected chi connectivity index (χ2v) is 4.40. The van der Waals surface area contributed by atoms with Crippen LogP contribution in [0.25, 0.3) is 0 Å². The zero-order valence-corrected chi connectivity index (χ0v) is 8.35. The monoisotopic (exact) mass is 194 g/mol. The highest BCUT2D eigenvalue weighted by Crippen LogP contribution is 2.09. The third-order valence-corrected chi connectivity index (χ3v) is 2.53. The minimum Gasteiger partial charge on any atom is -0.503 e. The van der Waals surface area contributed by atoms with Crippen molar-refractivity contribution < 1.29 is 17.9 Å². The first-order chi connectivity index (χ1) is 5.52. The summed E-state index contributed by atoms with van der Waals surface area (Å²) in [6.45, 7) is 0.377. The lowest BCUT2D eigenvalue weighted by Crippen LogP contribution is -2.04. The molecule has 0 unspecified atom stereocenters. The van der Waals surface area contributed by atoms with E-state index < -0.39 is 9.84 Å². The van der Waals surface area contributed by atoms with Crippen molar-refractivity contribution in [3.05, 3.63) is 11.2 Å². The molecule has 0 saturated carbocycles. The van der Waals surface area contributed by atoms with E-state index in [1.54, 1.807) is 0 Å². The zero-order valence-electron chi connectivity index (χ0n) is 7.53. The molecule has 0 atom stereocenters. The summed E-state index contributed by atoms with van der Waals surface area (Å²) in [5.74, 6) is 0. The van der Waals surface area contributed by atoms with Crippen LogP contribution in [0, 0.1) is 0 Å². The first-order valence-electron chi connectivity index (χ1n) is 3.43. The van der Waals surface area contributed by atoms with Crippen LogP contribution in [-0.4, -0.2) is 35.5 Å². The predicted octanol–water partition coefficient (Wildman–Crippen LogP) is 0.555. The van der Waals surface area contributed by atoms with Gasteiger partial charge in [-0.05, 0) is 0 Å². The topological polar surface area (TPSA) is 52.6 Å². The summed E-state index contributed by atoms with van der Waals surface area (Å²) in [6, 6.07) is 0. The molecule has 5 heteroatoms. The Bertz CT molecular complexity index is 240. The van der Waals surface area contributed by atoms with Crippen molar-refractivity contribution in [2.75, 3.05) is 27.1 Å². The average Bonchev–Trinajstić information content (AvgIpc) is 1.95. The summed E-state index contributed by atoms with van der Waals surface area (Å²) in [4.78, 5) is 0.256. The van der Waals surface area contributed by atoms with Gasteiger partial charge in [0.05, 0.1) is 24.9 Å². The first-order valence-corrected chi connectivity index (χ1v) is 5.32. The molecule has 0 aromatic rings. The molecular weight excluding hydrogens is 180 g/mol. The Kier molecular flexibility index (Phi) is 4.92. The summed E-state index contributed by atoms with van der Waals surface area (Å²) in [7, 11) is -0.208. The number of hydrogen-bond donors (Lipinski definition) is 0. The van der Waals surface area contributed by atoms with E-state index in [1.807, 2.05) is 0 Å². The van der Waals surface area contributed by atoms with Gasteiger partial charge in [-0.1, -0.05) is 0 Å². The molecule has 0 aliphatic heterocycles. The lowest BCUT2D eigenvalue weighted by atomic mass is 10.4. The van der Waals surface area contributed by atoms with Gasteiger partial charge in [-0.15, -0.1) is 0 Å². The van der Waals surface area contributed by atoms with E-state index in [2.05, 4.69) is 4.74 Å². The summed E-state index contributed by atoms with van der Waals surface area (Å²) in [6.07, 6.45) is 2.73. The third kappa shape index (κ3) is 4.35. The van der Waals surface area contributed by atoms with Gasteiger partial charge in [0.1, 0.15) is 0 Å². The van der Waals surface area contributed by atoms with Crippen LogP contribution >= 0.6 is 0 Å². The van der Waals surface area contributed by atoms with Gasteiger partial charge in [0.15, 0.2) is 9.84 Å². The summed E-state index contributed by atoms with van der Waals surface area (Å²) in [5.41, 5.74) is 0. The third-order valence-electron chi connectivity index (χ3n) is 1.28. The Morgan fingerprint density at radius 1 is 1.42 bits per heavy atom. The molecule has 0 amide bonds. The lowest BCUT2D eigenvalue weighted by molar-refractivity contribution is 0.202. The highest BCUT2D eigenvalue weighted by Gasteiger charge is 2.10. The van der Waals surface area contributed by atoms with E-state index in [4.69, 9.17) is 4.74 Å². The van der Waals surface area contributed by atoms with Crippen molar-refractivity contribution in [2.45, 2.75) is 6.42 Å². The molecule has 0 spiro atoms. The molecule has 12 heavy (non-hydrogen) atoms. The van der Waals surface area contributed by atoms with Crippen LogP contribution in [0.2, 0.25) is 0 Å². The van der Waals surface area contributed by atoms with Gasteiger partial charge in [-0.2, -0.15) is 0 Å². The van der Waals surface area contributed by atoms with Crippen LogP contribution in [0.5, 0.6) is 0 Å². The zero-order chi connectivity index (χ0) is 9.61. The van der Waals surface area contributed by atoms with E-state index in [9.17, 15) is 8.42 Å². The normalized spacial score (nSPS) is 13.1. The van der Waals surface area contributed by atoms with Crippen molar-refractivity contribution in [2.24, 2.45) is 0 Å². The number of sulfone groups is 1. The molecule has 0 heterocycles. The highest BCUT2D eigenvalue weighted by molar-refractivity contribution is 7.94. The Hall–Kier alpha value is -0.550. The standard InChI is InChI=1S/C7H14O4S/c1-10-5-4-7(6-11-2)12(3,8)9/h6H,4-5H2,1-3H3. The van der Waals surface area contributed by atoms with Gasteiger partial charge in [-0.25, -0.2) is 8.42 Å². The van der Waals surface area contributed by atoms with E-state index in [0.717, 1.165) is 6.26 Å². The van der Waals surface area contributed by atoms with Crippen LogP contribution in [0.1, 0.15) is 6.42 Å². The highest BCUT2D eigenvalue weighted by atomic mass is 32.2. The summed E-state index contributed by atoms with van der Waals surface area (Å²) < 4.78 is 31.4. The van der Waals surface area contributed by atoms with Gasteiger partial charge >= 0.3 is 0 Å². The predicted molar refractivity (Wildman–Crippen MR) is 46.4 cm³/mol. The second-order valence-electron chi connectivity index (χ2n) is 2.33. The lowest BCUT2D eigenvalue weighted by Gasteiger charge is -2.03. The van der Waals surface area contributed by atoms with E-state index in [-0.39, 0.29) is 4.91 Å². The SMILES string of the molecule is COC=C(CCOC)S(C)(=O)=O. The van der Waals surface area contributed by atoms with E-state index in [0.29, 0.717) is 13.0 Å². The van der Waals surface area contributed by atoms with Crippen LogP contribution < -0.4 is 0 Å². The number of ether oxygens (including phenoxy) is 2. The van der Waals surface area contributed by atoms with Crippen LogP contribution in [0.4, 0.5) is 0 Å². The molecule has 0 radical (unpaired) electrons. The van der Waals surface area contributed by atoms with Crippen molar-refractivity contribution >= 4 is 9.84 Å². The molecule has 0 N–H and O–H groups in total. The molecule has 0 aromatic heterocycles. The summed E-state index contributed by atoms with van der Waals surface area (Å²) >= 11 is 0. The maximum Gasteiger partial charge on any atom is 0.174 e. The molecule has 4 nitrogen and oxygen atoms in total. The van der Waals surface area contributed by atoms with Gasteiger partial charge in [-0.3, -0.25) is 0 Å². The maximum atomic E-state index is 11.0. The minimum atomic E-state index is -3.14. The summed E-state index contributed by atoms with van der Waals surface area (Å²) in [5, 5.41) is 0. The number of hydrogen-bond acceptors (Lipinski definition) is 4. The molecule has 0 aliphatic carbocycles. The fourth-order valence-corrected chi connectivity index (χ4v) is 1.39. The van der Waals surface area contributed by atoms with Gasteiger partial charge in [0.25, 0.3) is 0 Å². The minimum absolute atomic E-state index is 0.256. The molecular formula is C7H14O4S. The maximum absolute atomic E-state index is 11.0. The Balaban J connectivity index is 4.37. The van der Waals surface area contributed by atoms with Gasteiger partial charge < -0.3 is 9.47 Å². The molecule has 0 rings (SSSR count). The van der Waals surface area contributed by atoms with Gasteiger partial charge in [0, 0.05) is 19.8 Å². The van der Waals surface area contributed by atoms with Crippen molar-refractivity contribution in [1.82, 2.24) is 0 Å². The largest absolute Gasteiger partial charge is 0.503 e.